The Morgan fingerprint density at radius 3 is 2.15 bits per heavy atom. The van der Waals surface area contributed by atoms with E-state index in [9.17, 15) is 13.2 Å². The summed E-state index contributed by atoms with van der Waals surface area (Å²) >= 11 is 2.14. The van der Waals surface area contributed by atoms with Gasteiger partial charge in [-0.05, 0) is 65.1 Å². The summed E-state index contributed by atoms with van der Waals surface area (Å²) in [7, 11) is 0. The van der Waals surface area contributed by atoms with Crippen LogP contribution in [0.25, 0.3) is 0 Å². The average Bonchev–Trinajstić information content (AvgIpc) is 2.40. The second-order valence-corrected chi connectivity index (χ2v) is 5.25. The van der Waals surface area contributed by atoms with Gasteiger partial charge in [-0.1, -0.05) is 0 Å². The van der Waals surface area contributed by atoms with E-state index >= 15 is 0 Å². The summed E-state index contributed by atoms with van der Waals surface area (Å²) in [6.45, 7) is 0. The van der Waals surface area contributed by atoms with Crippen molar-refractivity contribution in [1.29, 1.82) is 5.26 Å². The lowest BCUT2D eigenvalue weighted by molar-refractivity contribution is -0.137. The fourth-order valence-corrected chi connectivity index (χ4v) is 2.01. The van der Waals surface area contributed by atoms with Gasteiger partial charge in [0.15, 0.2) is 0 Å². The Balaban J connectivity index is 2.34. The van der Waals surface area contributed by atoms with Gasteiger partial charge < -0.3 is 5.32 Å². The minimum atomic E-state index is -4.55. The molecule has 0 heterocycles. The van der Waals surface area contributed by atoms with E-state index in [1.807, 2.05) is 12.1 Å². The first-order chi connectivity index (χ1) is 9.40. The quantitative estimate of drug-likeness (QED) is 0.742. The highest BCUT2D eigenvalue weighted by molar-refractivity contribution is 14.1. The molecule has 0 bridgehead atoms. The molecule has 0 amide bonds. The van der Waals surface area contributed by atoms with E-state index in [1.54, 1.807) is 18.2 Å². The topological polar surface area (TPSA) is 35.8 Å². The first kappa shape index (κ1) is 14.7. The second kappa shape index (κ2) is 5.71. The van der Waals surface area contributed by atoms with E-state index in [2.05, 4.69) is 27.9 Å². The Labute approximate surface area is 127 Å². The Bertz CT molecular complexity index is 658. The van der Waals surface area contributed by atoms with Crippen LogP contribution in [0.4, 0.5) is 24.5 Å². The van der Waals surface area contributed by atoms with Crippen LogP contribution in [0.1, 0.15) is 11.1 Å². The molecule has 0 aliphatic rings. The molecule has 0 aliphatic carbocycles. The van der Waals surface area contributed by atoms with Gasteiger partial charge in [-0.25, -0.2) is 0 Å². The summed E-state index contributed by atoms with van der Waals surface area (Å²) in [6.07, 6.45) is -4.55. The van der Waals surface area contributed by atoms with Crippen LogP contribution in [0.3, 0.4) is 0 Å². The smallest absolute Gasteiger partial charge is 0.356 e. The number of nitriles is 1. The molecule has 6 heteroatoms. The maximum Gasteiger partial charge on any atom is 0.417 e. The molecule has 0 radical (unpaired) electrons. The SMILES string of the molecule is N#Cc1ccc(Nc2ccc(I)cc2)cc1C(F)(F)F. The third-order valence-corrected chi connectivity index (χ3v) is 3.30. The van der Waals surface area contributed by atoms with Crippen molar-refractivity contribution in [2.45, 2.75) is 6.18 Å². The monoisotopic (exact) mass is 388 g/mol. The lowest BCUT2D eigenvalue weighted by Gasteiger charge is -2.12. The van der Waals surface area contributed by atoms with E-state index in [0.29, 0.717) is 5.69 Å². The molecule has 2 rings (SSSR count). The first-order valence-corrected chi connectivity index (χ1v) is 6.62. The molecule has 102 valence electrons. The third kappa shape index (κ3) is 3.42. The molecule has 0 aliphatic heterocycles. The Morgan fingerprint density at radius 1 is 1.00 bits per heavy atom. The van der Waals surface area contributed by atoms with Crippen LogP contribution < -0.4 is 5.32 Å². The van der Waals surface area contributed by atoms with Gasteiger partial charge in [-0.15, -0.1) is 0 Å². The molecule has 0 unspecified atom stereocenters. The summed E-state index contributed by atoms with van der Waals surface area (Å²) in [4.78, 5) is 0. The van der Waals surface area contributed by atoms with E-state index in [4.69, 9.17) is 5.26 Å². The predicted molar refractivity (Wildman–Crippen MR) is 78.6 cm³/mol. The number of halogens is 4. The Hall–Kier alpha value is -1.75. The molecule has 0 atom stereocenters. The molecule has 20 heavy (non-hydrogen) atoms. The molecule has 2 nitrogen and oxygen atoms in total. The predicted octanol–water partition coefficient (Wildman–Crippen LogP) is 4.93. The van der Waals surface area contributed by atoms with Gasteiger partial charge in [0.1, 0.15) is 0 Å². The van der Waals surface area contributed by atoms with E-state index < -0.39 is 11.7 Å². The lowest BCUT2D eigenvalue weighted by atomic mass is 10.1. The van der Waals surface area contributed by atoms with E-state index in [1.165, 1.54) is 6.07 Å². The largest absolute Gasteiger partial charge is 0.417 e. The van der Waals surface area contributed by atoms with Crippen LogP contribution in [0.2, 0.25) is 0 Å². The molecule has 0 aromatic heterocycles. The number of hydrogen-bond acceptors (Lipinski definition) is 2. The van der Waals surface area contributed by atoms with Gasteiger partial charge in [0, 0.05) is 14.9 Å². The fourth-order valence-electron chi connectivity index (χ4n) is 1.65. The summed E-state index contributed by atoms with van der Waals surface area (Å²) in [6, 6.07) is 12.3. The number of anilines is 2. The van der Waals surface area contributed by atoms with Crippen molar-refractivity contribution >= 4 is 34.0 Å². The summed E-state index contributed by atoms with van der Waals surface area (Å²) in [5.41, 5.74) is -0.345. The van der Waals surface area contributed by atoms with E-state index in [0.717, 1.165) is 15.7 Å². The highest BCUT2D eigenvalue weighted by atomic mass is 127. The van der Waals surface area contributed by atoms with Crippen LogP contribution in [0.15, 0.2) is 42.5 Å². The normalized spacial score (nSPS) is 10.9. The molecular weight excluding hydrogens is 380 g/mol. The number of nitrogens with one attached hydrogen (secondary N) is 1. The fraction of sp³-hybridized carbons (Fsp3) is 0.0714. The van der Waals surface area contributed by atoms with Crippen LogP contribution in [-0.2, 0) is 6.18 Å². The highest BCUT2D eigenvalue weighted by Gasteiger charge is 2.33. The van der Waals surface area contributed by atoms with Gasteiger partial charge in [-0.2, -0.15) is 18.4 Å². The number of hydrogen-bond donors (Lipinski definition) is 1. The zero-order chi connectivity index (χ0) is 14.8. The van der Waals surface area contributed by atoms with Gasteiger partial charge in [0.05, 0.1) is 17.2 Å². The summed E-state index contributed by atoms with van der Waals surface area (Å²) < 4.78 is 39.5. The maximum atomic E-state index is 12.8. The van der Waals surface area contributed by atoms with Crippen LogP contribution in [-0.4, -0.2) is 0 Å². The number of rotatable bonds is 2. The molecular formula is C14H8F3IN2. The molecule has 0 fully saturated rings. The van der Waals surface area contributed by atoms with Gasteiger partial charge in [0.25, 0.3) is 0 Å². The van der Waals surface area contributed by atoms with Crippen molar-refractivity contribution in [3.05, 3.63) is 57.2 Å². The molecule has 2 aromatic rings. The molecule has 0 saturated carbocycles. The van der Waals surface area contributed by atoms with Gasteiger partial charge in [-0.3, -0.25) is 0 Å². The van der Waals surface area contributed by atoms with Crippen molar-refractivity contribution < 1.29 is 13.2 Å². The molecule has 1 N–H and O–H groups in total. The zero-order valence-corrected chi connectivity index (χ0v) is 12.2. The van der Waals surface area contributed by atoms with Crippen molar-refractivity contribution in [2.75, 3.05) is 5.32 Å². The van der Waals surface area contributed by atoms with Crippen molar-refractivity contribution in [2.24, 2.45) is 0 Å². The van der Waals surface area contributed by atoms with Crippen LogP contribution >= 0.6 is 22.6 Å². The zero-order valence-electron chi connectivity index (χ0n) is 10.0. The van der Waals surface area contributed by atoms with Crippen molar-refractivity contribution in [3.8, 4) is 6.07 Å². The van der Waals surface area contributed by atoms with Crippen molar-refractivity contribution in [3.63, 3.8) is 0 Å². The minimum absolute atomic E-state index is 0.289. The Kier molecular flexibility index (Phi) is 4.18. The number of benzene rings is 2. The minimum Gasteiger partial charge on any atom is -0.356 e. The second-order valence-electron chi connectivity index (χ2n) is 4.00. The summed E-state index contributed by atoms with van der Waals surface area (Å²) in [5.74, 6) is 0. The van der Waals surface area contributed by atoms with Crippen LogP contribution in [0, 0.1) is 14.9 Å². The molecule has 0 spiro atoms. The molecule has 2 aromatic carbocycles. The maximum absolute atomic E-state index is 12.8. The first-order valence-electron chi connectivity index (χ1n) is 5.54. The summed E-state index contributed by atoms with van der Waals surface area (Å²) in [5, 5.41) is 11.6. The van der Waals surface area contributed by atoms with E-state index in [-0.39, 0.29) is 11.3 Å². The van der Waals surface area contributed by atoms with Gasteiger partial charge >= 0.3 is 6.18 Å². The third-order valence-electron chi connectivity index (χ3n) is 2.58. The standard InChI is InChI=1S/C14H8F3IN2/c15-14(16,17)13-7-12(4-1-9(13)8-19)20-11-5-2-10(18)3-6-11/h1-7,20H. The lowest BCUT2D eigenvalue weighted by Crippen LogP contribution is -2.08. The Morgan fingerprint density at radius 2 is 1.60 bits per heavy atom. The van der Waals surface area contributed by atoms with Crippen LogP contribution in [0.5, 0.6) is 0 Å². The number of nitrogens with zero attached hydrogens (tertiary/aromatic N) is 1. The average molecular weight is 388 g/mol. The number of alkyl halides is 3. The van der Waals surface area contributed by atoms with Gasteiger partial charge in [0.2, 0.25) is 0 Å². The molecule has 0 saturated heterocycles. The van der Waals surface area contributed by atoms with Crippen molar-refractivity contribution in [1.82, 2.24) is 0 Å². The highest BCUT2D eigenvalue weighted by Crippen LogP contribution is 2.34.